The van der Waals surface area contributed by atoms with Crippen molar-refractivity contribution in [3.63, 3.8) is 0 Å². The van der Waals surface area contributed by atoms with Crippen molar-refractivity contribution in [2.24, 2.45) is 40.4 Å². The number of likely N-dealkylation sites (N-methyl/N-ethyl adjacent to an activating group) is 1. The summed E-state index contributed by atoms with van der Waals surface area (Å²) >= 11 is 0. The van der Waals surface area contributed by atoms with E-state index in [1.807, 2.05) is 6.92 Å². The quantitative estimate of drug-likeness (QED) is 0.284. The molecule has 2 amide bonds. The average molecular weight is 711 g/mol. The molecule has 0 radical (unpaired) electrons. The Balaban J connectivity index is 1.24. The highest BCUT2D eigenvalue weighted by Gasteiger charge is 2.92. The minimum absolute atomic E-state index is 0.0201. The molecule has 1 aromatic rings. The van der Waals surface area contributed by atoms with Crippen LogP contribution in [0.4, 0.5) is 5.69 Å². The molecule has 13 heteroatoms. The van der Waals surface area contributed by atoms with Gasteiger partial charge in [0.15, 0.2) is 0 Å². The van der Waals surface area contributed by atoms with Crippen LogP contribution < -0.4 is 4.90 Å². The molecule has 2 N–H and O–H groups in total. The van der Waals surface area contributed by atoms with E-state index in [-0.39, 0.29) is 60.5 Å². The summed E-state index contributed by atoms with van der Waals surface area (Å²) in [5.41, 5.74) is -4.72. The number of rotatable bonds is 9. The molecular formula is C38H50N2O11. The van der Waals surface area contributed by atoms with E-state index in [0.29, 0.717) is 32.4 Å². The van der Waals surface area contributed by atoms with Crippen molar-refractivity contribution in [2.75, 3.05) is 45.9 Å². The fraction of sp³-hybridized carbons (Fsp3) is 0.737. The van der Waals surface area contributed by atoms with Crippen LogP contribution in [0.25, 0.3) is 0 Å². The molecule has 13 nitrogen and oxygen atoms in total. The molecule has 278 valence electrons. The summed E-state index contributed by atoms with van der Waals surface area (Å²) in [5, 5.41) is 26.7. The SMILES string of the molecule is CCN1C[C@]2(COC(=O)c3ccccc3N3C(=O)C[C@H](C)C3=O)CC[C@H](OC)[C@]34[C@@H]5C[C@H]6[C@H](OC(C)=O)[C@@H]5[C@](O)(C[C@@H]6OC)[C@@](O)([C@@H](OC)[C@H]23)[C@@H]14. The second-order valence-corrected chi connectivity index (χ2v) is 16.3. The number of benzene rings is 1. The monoisotopic (exact) mass is 710 g/mol. The van der Waals surface area contributed by atoms with Crippen LogP contribution in [0.5, 0.6) is 0 Å². The number of esters is 2. The summed E-state index contributed by atoms with van der Waals surface area (Å²) in [4.78, 5) is 55.9. The highest BCUT2D eigenvalue weighted by molar-refractivity contribution is 6.22. The van der Waals surface area contributed by atoms with E-state index >= 15 is 0 Å². The van der Waals surface area contributed by atoms with Gasteiger partial charge in [0.1, 0.15) is 17.3 Å². The number of hydrogen-bond donors (Lipinski definition) is 2. The van der Waals surface area contributed by atoms with Crippen LogP contribution in [0.1, 0.15) is 63.2 Å². The van der Waals surface area contributed by atoms with Gasteiger partial charge >= 0.3 is 11.9 Å². The molecule has 1 spiro atoms. The second kappa shape index (κ2) is 11.8. The molecule has 14 atom stereocenters. The van der Waals surface area contributed by atoms with E-state index in [2.05, 4.69) is 4.90 Å². The molecule has 7 fully saturated rings. The van der Waals surface area contributed by atoms with Crippen LogP contribution in [0.3, 0.4) is 0 Å². The van der Waals surface area contributed by atoms with Gasteiger partial charge in [-0.25, -0.2) is 9.69 Å². The van der Waals surface area contributed by atoms with Gasteiger partial charge in [-0.3, -0.25) is 19.3 Å². The van der Waals surface area contributed by atoms with Crippen molar-refractivity contribution in [1.29, 1.82) is 0 Å². The van der Waals surface area contributed by atoms with Crippen LogP contribution >= 0.6 is 0 Å². The summed E-state index contributed by atoms with van der Waals surface area (Å²) in [6.45, 7) is 6.10. The number of ether oxygens (including phenoxy) is 5. The number of amides is 2. The van der Waals surface area contributed by atoms with E-state index in [0.717, 1.165) is 4.90 Å². The molecule has 2 heterocycles. The molecule has 8 rings (SSSR count). The van der Waals surface area contributed by atoms with Crippen molar-refractivity contribution in [2.45, 2.75) is 94.5 Å². The van der Waals surface area contributed by atoms with Gasteiger partial charge in [-0.05, 0) is 43.9 Å². The number of hydrogen-bond acceptors (Lipinski definition) is 12. The van der Waals surface area contributed by atoms with Crippen molar-refractivity contribution in [3.05, 3.63) is 29.8 Å². The summed E-state index contributed by atoms with van der Waals surface area (Å²) in [6.07, 6.45) is -0.303. The summed E-state index contributed by atoms with van der Waals surface area (Å²) in [7, 11) is 4.85. The third-order valence-electron chi connectivity index (χ3n) is 14.6. The van der Waals surface area contributed by atoms with E-state index in [1.165, 1.54) is 6.92 Å². The van der Waals surface area contributed by atoms with E-state index in [9.17, 15) is 29.4 Å². The fourth-order valence-corrected chi connectivity index (χ4v) is 13.2. The maximum absolute atomic E-state index is 14.1. The van der Waals surface area contributed by atoms with Crippen LogP contribution in [0, 0.1) is 40.4 Å². The van der Waals surface area contributed by atoms with Crippen LogP contribution in [0.15, 0.2) is 24.3 Å². The zero-order chi connectivity index (χ0) is 36.4. The molecule has 51 heavy (non-hydrogen) atoms. The lowest BCUT2D eigenvalue weighted by atomic mass is 9.42. The molecule has 0 aromatic heterocycles. The Labute approximate surface area is 297 Å². The first-order valence-electron chi connectivity index (χ1n) is 18.4. The van der Waals surface area contributed by atoms with Crippen molar-refractivity contribution in [3.8, 4) is 0 Å². The Morgan fingerprint density at radius 1 is 1.06 bits per heavy atom. The molecular weight excluding hydrogens is 660 g/mol. The number of carbonyl (C=O) groups is 4. The maximum atomic E-state index is 14.1. The Morgan fingerprint density at radius 2 is 1.80 bits per heavy atom. The highest BCUT2D eigenvalue weighted by atomic mass is 16.6. The lowest BCUT2D eigenvalue weighted by Gasteiger charge is -2.70. The molecule has 5 aliphatic carbocycles. The number of nitrogens with zero attached hydrogens (tertiary/aromatic N) is 2. The number of methoxy groups -OCH3 is 3. The van der Waals surface area contributed by atoms with Crippen LogP contribution in [-0.2, 0) is 38.1 Å². The minimum atomic E-state index is -1.82. The number of carbonyl (C=O) groups excluding carboxylic acids is 4. The van der Waals surface area contributed by atoms with Gasteiger partial charge in [0, 0.05) is 82.1 Å². The van der Waals surface area contributed by atoms with E-state index in [1.54, 1.807) is 52.5 Å². The Bertz CT molecular complexity index is 1650. The molecule has 0 unspecified atom stereocenters. The lowest BCUT2D eigenvalue weighted by Crippen LogP contribution is -2.82. The highest BCUT2D eigenvalue weighted by Crippen LogP contribution is 2.80. The second-order valence-electron chi connectivity index (χ2n) is 16.3. The van der Waals surface area contributed by atoms with Gasteiger partial charge in [0.25, 0.3) is 0 Å². The number of aliphatic hydroxyl groups is 2. The largest absolute Gasteiger partial charge is 0.462 e. The van der Waals surface area contributed by atoms with Gasteiger partial charge in [-0.15, -0.1) is 0 Å². The van der Waals surface area contributed by atoms with E-state index in [4.69, 9.17) is 23.7 Å². The Kier molecular flexibility index (Phi) is 8.11. The Morgan fingerprint density at radius 3 is 2.43 bits per heavy atom. The van der Waals surface area contributed by atoms with Gasteiger partial charge in [0.05, 0.1) is 42.2 Å². The minimum Gasteiger partial charge on any atom is -0.462 e. The molecule has 7 aliphatic rings. The predicted molar refractivity (Wildman–Crippen MR) is 179 cm³/mol. The topological polar surface area (TPSA) is 161 Å². The third-order valence-corrected chi connectivity index (χ3v) is 14.6. The van der Waals surface area contributed by atoms with Gasteiger partial charge in [-0.2, -0.15) is 0 Å². The van der Waals surface area contributed by atoms with Crippen molar-refractivity contribution < 1.29 is 53.1 Å². The number of likely N-dealkylation sites (tertiary alicyclic amines) is 1. The van der Waals surface area contributed by atoms with Gasteiger partial charge in [-0.1, -0.05) is 26.0 Å². The maximum Gasteiger partial charge on any atom is 0.340 e. The summed E-state index contributed by atoms with van der Waals surface area (Å²) < 4.78 is 31.1. The average Bonchev–Trinajstić information content (AvgIpc) is 3.61. The van der Waals surface area contributed by atoms with Gasteiger partial charge in [0.2, 0.25) is 11.8 Å². The first-order valence-corrected chi connectivity index (χ1v) is 18.4. The zero-order valence-electron chi connectivity index (χ0n) is 30.2. The standard InChI is InChI=1S/C38H50N2O11/c1-7-39-17-35(18-50-33(44)21-10-8-9-11-24(21)40-27(42)14-19(2)32(40)43)13-12-26(48-5)37-23-15-22-25(47-4)16-36(45,28(23)29(22)51-20(3)41)38(46,34(37)39)31(49-6)30(35)37/h8-11,19,22-23,25-26,28-31,34,45-46H,7,12-18H2,1-6H3/t19-,22+,23+,25-,26-,28+,29-,30+,31-,34-,35-,36+,37+,38+/m0/s1. The van der Waals surface area contributed by atoms with Crippen molar-refractivity contribution in [1.82, 2.24) is 4.90 Å². The molecule has 2 aliphatic heterocycles. The number of piperidine rings is 1. The smallest absolute Gasteiger partial charge is 0.340 e. The molecule has 1 aromatic carbocycles. The number of anilines is 1. The van der Waals surface area contributed by atoms with Gasteiger partial charge < -0.3 is 33.9 Å². The predicted octanol–water partition coefficient (Wildman–Crippen LogP) is 1.95. The Hall–Kier alpha value is -2.94. The summed E-state index contributed by atoms with van der Waals surface area (Å²) in [6, 6.07) is 5.95. The molecule has 5 saturated carbocycles. The normalized spacial score (nSPS) is 46.4. The lowest BCUT2D eigenvalue weighted by molar-refractivity contribution is -0.319. The van der Waals surface area contributed by atoms with Crippen molar-refractivity contribution >= 4 is 29.4 Å². The number of para-hydroxylation sites is 1. The molecule has 7 bridgehead atoms. The number of imide groups is 1. The van der Waals surface area contributed by atoms with E-state index < -0.39 is 76.1 Å². The first kappa shape index (κ1) is 35.1. The van der Waals surface area contributed by atoms with Crippen LogP contribution in [0.2, 0.25) is 0 Å². The van der Waals surface area contributed by atoms with Crippen LogP contribution in [-0.4, -0.2) is 122 Å². The molecule has 2 saturated heterocycles. The fourth-order valence-electron chi connectivity index (χ4n) is 13.2. The summed E-state index contributed by atoms with van der Waals surface area (Å²) in [5.74, 6) is -3.74. The zero-order valence-corrected chi connectivity index (χ0v) is 30.2. The number of fused-ring (bicyclic) bond motifs is 2. The first-order chi connectivity index (χ1) is 24.3. The third kappa shape index (κ3) is 4.19.